The molecule has 3 amide bonds. The topological polar surface area (TPSA) is 232 Å². The summed E-state index contributed by atoms with van der Waals surface area (Å²) in [7, 11) is 0. The van der Waals surface area contributed by atoms with E-state index >= 15 is 0 Å². The number of amides is 3. The third-order valence-electron chi connectivity index (χ3n) is 6.68. The van der Waals surface area contributed by atoms with Crippen molar-refractivity contribution in [1.82, 2.24) is 15.5 Å². The molecule has 3 aliphatic rings. The number of hydrogen-bond donors (Lipinski definition) is 8. The van der Waals surface area contributed by atoms with Crippen LogP contribution in [0.15, 0.2) is 30.3 Å². The van der Waals surface area contributed by atoms with Crippen LogP contribution in [0.1, 0.15) is 32.4 Å². The molecule has 3 heterocycles. The smallest absolute Gasteiger partial charge is 0.327 e. The maximum Gasteiger partial charge on any atom is 0.327 e. The summed E-state index contributed by atoms with van der Waals surface area (Å²) in [5, 5.41) is 51.1. The number of rotatable bonds is 6. The van der Waals surface area contributed by atoms with E-state index in [0.717, 1.165) is 0 Å². The minimum Gasteiger partial charge on any atom is -0.480 e. The molecule has 3 aliphatic heterocycles. The lowest BCUT2D eigenvalue weighted by atomic mass is 9.95. The fourth-order valence-electron chi connectivity index (χ4n) is 4.69. The Bertz CT molecular complexity index is 1080. The van der Waals surface area contributed by atoms with Crippen molar-refractivity contribution < 1.29 is 49.4 Å². The van der Waals surface area contributed by atoms with Crippen molar-refractivity contribution in [3.63, 3.8) is 0 Å². The number of β-lactam (4-membered cyclic amide) rings is 1. The standard InChI is InChI=1S/C16H19N3O4S.C8H15NO6/c1-16(2)11(15(22)23)19-13(21)10(14(19)24-16)18-12(20)9(17)8-6-4-3-5-7-8;1-3(11)9-5-7(13)6(12)4(2-10)15-8(5)14/h3-7,9-11,14H,17H2,1-2H3,(H,18,20)(H,22,23);4-8,10,12-14H,2H2,1H3,(H,9,11)/t9-,10-,11+,14-;4-,5-,6-,7-,8+/m11/s1. The molecule has 3 saturated heterocycles. The quantitative estimate of drug-likeness (QED) is 0.163. The molecule has 0 aromatic heterocycles. The number of fused-ring (bicyclic) bond motifs is 1. The van der Waals surface area contributed by atoms with E-state index < -0.39 is 77.9 Å². The van der Waals surface area contributed by atoms with Crippen LogP contribution in [-0.2, 0) is 23.9 Å². The van der Waals surface area contributed by atoms with Crippen LogP contribution in [-0.4, -0.2) is 114 Å². The number of aliphatic carboxylic acids is 1. The monoisotopic (exact) mass is 570 g/mol. The molecule has 39 heavy (non-hydrogen) atoms. The number of carboxylic acids is 1. The third kappa shape index (κ3) is 6.35. The van der Waals surface area contributed by atoms with Crippen LogP contribution in [0.3, 0.4) is 0 Å². The van der Waals surface area contributed by atoms with Gasteiger partial charge in [0.2, 0.25) is 17.7 Å². The maximum absolute atomic E-state index is 12.3. The van der Waals surface area contributed by atoms with Crippen molar-refractivity contribution in [3.05, 3.63) is 35.9 Å². The van der Waals surface area contributed by atoms with E-state index in [-0.39, 0.29) is 11.3 Å². The highest BCUT2D eigenvalue weighted by Gasteiger charge is 2.64. The molecule has 1 aromatic carbocycles. The van der Waals surface area contributed by atoms with Gasteiger partial charge < -0.3 is 51.5 Å². The van der Waals surface area contributed by atoms with Crippen LogP contribution in [0.2, 0.25) is 0 Å². The van der Waals surface area contributed by atoms with Gasteiger partial charge in [0.25, 0.3) is 0 Å². The molecule has 0 radical (unpaired) electrons. The minimum absolute atomic E-state index is 0.375. The summed E-state index contributed by atoms with van der Waals surface area (Å²) in [6.45, 7) is 4.26. The van der Waals surface area contributed by atoms with E-state index in [2.05, 4.69) is 10.6 Å². The Kier molecular flexibility index (Phi) is 9.59. The van der Waals surface area contributed by atoms with Gasteiger partial charge in [0.15, 0.2) is 6.29 Å². The van der Waals surface area contributed by atoms with Crippen LogP contribution in [0, 0.1) is 0 Å². The van der Waals surface area contributed by atoms with Gasteiger partial charge in [-0.05, 0) is 19.4 Å². The Morgan fingerprint density at radius 2 is 1.74 bits per heavy atom. The molecular weight excluding hydrogens is 536 g/mol. The molecule has 9 atom stereocenters. The molecule has 15 heteroatoms. The lowest BCUT2D eigenvalue weighted by Gasteiger charge is -2.43. The predicted molar refractivity (Wildman–Crippen MR) is 137 cm³/mol. The number of aliphatic hydroxyl groups excluding tert-OH is 4. The largest absolute Gasteiger partial charge is 0.480 e. The fraction of sp³-hybridized carbons (Fsp3) is 0.583. The molecule has 0 bridgehead atoms. The molecule has 4 rings (SSSR count). The number of carboxylic acid groups (broad SMARTS) is 1. The summed E-state index contributed by atoms with van der Waals surface area (Å²) in [5.74, 6) is -2.32. The second kappa shape index (κ2) is 12.2. The lowest BCUT2D eigenvalue weighted by Crippen LogP contribution is -2.71. The zero-order valence-electron chi connectivity index (χ0n) is 21.5. The number of aliphatic hydroxyl groups is 4. The van der Waals surface area contributed by atoms with Crippen molar-refractivity contribution in [1.29, 1.82) is 0 Å². The highest BCUT2D eigenvalue weighted by Crippen LogP contribution is 2.50. The summed E-state index contributed by atoms with van der Waals surface area (Å²) in [5.41, 5.74) is 6.59. The van der Waals surface area contributed by atoms with E-state index in [9.17, 15) is 39.6 Å². The fourth-order valence-corrected chi connectivity index (χ4v) is 6.31. The van der Waals surface area contributed by atoms with Gasteiger partial charge in [-0.2, -0.15) is 0 Å². The minimum atomic E-state index is -1.45. The zero-order chi connectivity index (χ0) is 29.2. The van der Waals surface area contributed by atoms with Crippen molar-refractivity contribution in [2.24, 2.45) is 5.73 Å². The Morgan fingerprint density at radius 1 is 1.13 bits per heavy atom. The third-order valence-corrected chi connectivity index (χ3v) is 8.26. The summed E-state index contributed by atoms with van der Waals surface area (Å²) in [4.78, 5) is 48.2. The van der Waals surface area contributed by atoms with E-state index in [4.69, 9.17) is 15.6 Å². The maximum atomic E-state index is 12.3. The van der Waals surface area contributed by atoms with E-state index in [0.29, 0.717) is 5.56 Å². The van der Waals surface area contributed by atoms with Gasteiger partial charge in [-0.1, -0.05) is 30.3 Å². The normalized spacial score (nSPS) is 33.5. The molecule has 0 aliphatic carbocycles. The van der Waals surface area contributed by atoms with E-state index in [1.165, 1.54) is 23.6 Å². The molecular formula is C24H34N4O10S. The van der Waals surface area contributed by atoms with Gasteiger partial charge >= 0.3 is 5.97 Å². The number of carbonyl (C=O) groups is 4. The number of benzene rings is 1. The lowest BCUT2D eigenvalue weighted by molar-refractivity contribution is -0.253. The Morgan fingerprint density at radius 3 is 2.28 bits per heavy atom. The van der Waals surface area contributed by atoms with Gasteiger partial charge in [0.1, 0.15) is 47.9 Å². The Balaban J connectivity index is 0.000000242. The van der Waals surface area contributed by atoms with Crippen LogP contribution in [0.4, 0.5) is 0 Å². The van der Waals surface area contributed by atoms with E-state index in [1.807, 2.05) is 6.07 Å². The summed E-state index contributed by atoms with van der Waals surface area (Å²) < 4.78 is 4.19. The van der Waals surface area contributed by atoms with Crippen molar-refractivity contribution in [2.45, 2.75) is 79.7 Å². The second-order valence-electron chi connectivity index (χ2n) is 9.93. The summed E-state index contributed by atoms with van der Waals surface area (Å²) >= 11 is 1.38. The van der Waals surface area contributed by atoms with Crippen LogP contribution in [0.5, 0.6) is 0 Å². The summed E-state index contributed by atoms with van der Waals surface area (Å²) in [6.07, 6.45) is -5.24. The number of ether oxygens (including phenoxy) is 1. The van der Waals surface area contributed by atoms with Gasteiger partial charge in [-0.25, -0.2) is 4.79 Å². The first-order valence-corrected chi connectivity index (χ1v) is 13.0. The van der Waals surface area contributed by atoms with Gasteiger partial charge in [0.05, 0.1) is 6.61 Å². The predicted octanol–water partition coefficient (Wildman–Crippen LogP) is -2.76. The highest BCUT2D eigenvalue weighted by atomic mass is 32.2. The number of nitrogens with two attached hydrogens (primary N) is 1. The molecule has 216 valence electrons. The Labute approximate surface area is 228 Å². The second-order valence-corrected chi connectivity index (χ2v) is 11.7. The first-order valence-electron chi connectivity index (χ1n) is 12.1. The number of hydrogen-bond acceptors (Lipinski definition) is 11. The highest BCUT2D eigenvalue weighted by molar-refractivity contribution is 8.01. The van der Waals surface area contributed by atoms with Crippen molar-refractivity contribution in [3.8, 4) is 0 Å². The first kappa shape index (κ1) is 30.7. The average Bonchev–Trinajstić information content (AvgIpc) is 3.15. The zero-order valence-corrected chi connectivity index (χ0v) is 22.3. The van der Waals surface area contributed by atoms with Gasteiger partial charge in [-0.3, -0.25) is 14.4 Å². The van der Waals surface area contributed by atoms with Crippen LogP contribution < -0.4 is 16.4 Å². The Hall–Kier alpha value is -2.79. The number of nitrogens with zero attached hydrogens (tertiary/aromatic N) is 1. The summed E-state index contributed by atoms with van der Waals surface area (Å²) in [6, 6.07) is 5.28. The molecule has 0 unspecified atom stereocenters. The van der Waals surface area contributed by atoms with Crippen molar-refractivity contribution in [2.75, 3.05) is 6.61 Å². The molecule has 3 fully saturated rings. The molecule has 14 nitrogen and oxygen atoms in total. The molecule has 9 N–H and O–H groups in total. The number of thioether (sulfide) groups is 1. The SMILES string of the molecule is CC(=O)N[C@@H]1[C@@H](O)[C@H](O)[C@@H](CO)O[C@@H]1O.CC1(C)S[C@@H]2[C@H](NC(=O)[C@H](N)c3ccccc3)C(=O)N2[C@H]1C(=O)O. The first-order chi connectivity index (χ1) is 18.2. The van der Waals surface area contributed by atoms with Crippen molar-refractivity contribution >= 4 is 35.5 Å². The van der Waals surface area contributed by atoms with Gasteiger partial charge in [-0.15, -0.1) is 11.8 Å². The van der Waals surface area contributed by atoms with Gasteiger partial charge in [0, 0.05) is 11.7 Å². The molecule has 0 saturated carbocycles. The molecule has 1 aromatic rings. The van der Waals surface area contributed by atoms with Crippen LogP contribution >= 0.6 is 11.8 Å². The van der Waals surface area contributed by atoms with E-state index in [1.54, 1.807) is 38.1 Å². The molecule has 0 spiro atoms. The average molecular weight is 571 g/mol. The van der Waals surface area contributed by atoms with Crippen LogP contribution in [0.25, 0.3) is 0 Å². The number of nitrogens with one attached hydrogen (secondary N) is 2. The number of carbonyl (C=O) groups excluding carboxylic acids is 3.